The number of methoxy groups -OCH3 is 1. The van der Waals surface area contributed by atoms with E-state index < -0.39 is 12.0 Å². The number of hydrogen-bond donors (Lipinski definition) is 1. The van der Waals surface area contributed by atoms with E-state index in [-0.39, 0.29) is 16.3 Å². The molecule has 2 atom stereocenters. The van der Waals surface area contributed by atoms with E-state index in [1.54, 1.807) is 13.2 Å². The average molecular weight is 494 g/mol. The van der Waals surface area contributed by atoms with Gasteiger partial charge < -0.3 is 14.6 Å². The number of aliphatic carboxylic acids is 1. The first kappa shape index (κ1) is 27.2. The maximum Gasteiger partial charge on any atom is 0.326 e. The molecule has 0 aliphatic carbocycles. The zero-order chi connectivity index (χ0) is 24.4. The Morgan fingerprint density at radius 1 is 1.15 bits per heavy atom. The van der Waals surface area contributed by atoms with Crippen molar-refractivity contribution >= 4 is 46.3 Å². The van der Waals surface area contributed by atoms with Crippen molar-refractivity contribution in [2.24, 2.45) is 0 Å². The molecule has 0 aromatic heterocycles. The van der Waals surface area contributed by atoms with Gasteiger partial charge in [-0.25, -0.2) is 4.79 Å². The lowest BCUT2D eigenvalue weighted by Gasteiger charge is -2.22. The largest absolute Gasteiger partial charge is 0.493 e. The number of benzene rings is 1. The average Bonchev–Trinajstić information content (AvgIpc) is 3.05. The Kier molecular flexibility index (Phi) is 11.2. The Hall–Kier alpha value is -2.06. The van der Waals surface area contributed by atoms with Crippen LogP contribution in [-0.2, 0) is 9.59 Å². The van der Waals surface area contributed by atoms with Gasteiger partial charge in [0, 0.05) is 0 Å². The van der Waals surface area contributed by atoms with Crippen LogP contribution in [0, 0.1) is 0 Å². The SMILES string of the molecule is CCCCCCC[C@@H](C)Oc1ccc(/C=C2/SC(=S)N([C@@H](CCC)C(=O)O)C2=O)cc1OC. The van der Waals surface area contributed by atoms with Gasteiger partial charge in [0.1, 0.15) is 10.4 Å². The second-order valence-corrected chi connectivity index (χ2v) is 9.91. The molecule has 0 radical (unpaired) electrons. The van der Waals surface area contributed by atoms with E-state index in [4.69, 9.17) is 21.7 Å². The molecule has 6 nitrogen and oxygen atoms in total. The van der Waals surface area contributed by atoms with Gasteiger partial charge in [-0.05, 0) is 50.0 Å². The van der Waals surface area contributed by atoms with E-state index in [1.165, 1.54) is 30.6 Å². The molecule has 1 aliphatic rings. The molecule has 1 amide bonds. The van der Waals surface area contributed by atoms with Crippen LogP contribution in [0.3, 0.4) is 0 Å². The molecule has 0 bridgehead atoms. The summed E-state index contributed by atoms with van der Waals surface area (Å²) in [5.74, 6) is -0.164. The summed E-state index contributed by atoms with van der Waals surface area (Å²) in [4.78, 5) is 26.2. The third-order valence-corrected chi connectivity index (χ3v) is 6.84. The smallest absolute Gasteiger partial charge is 0.326 e. The Labute approximate surface area is 206 Å². The Morgan fingerprint density at radius 2 is 1.88 bits per heavy atom. The molecule has 0 saturated carbocycles. The molecule has 1 N–H and O–H groups in total. The van der Waals surface area contributed by atoms with Crippen molar-refractivity contribution in [3.05, 3.63) is 28.7 Å². The van der Waals surface area contributed by atoms with Gasteiger partial charge in [-0.15, -0.1) is 0 Å². The summed E-state index contributed by atoms with van der Waals surface area (Å²) < 4.78 is 11.9. The van der Waals surface area contributed by atoms with Gasteiger partial charge in [0.05, 0.1) is 18.1 Å². The minimum Gasteiger partial charge on any atom is -0.493 e. The quantitative estimate of drug-likeness (QED) is 0.186. The highest BCUT2D eigenvalue weighted by molar-refractivity contribution is 8.26. The van der Waals surface area contributed by atoms with Crippen molar-refractivity contribution in [3.8, 4) is 11.5 Å². The summed E-state index contributed by atoms with van der Waals surface area (Å²) in [6.45, 7) is 6.16. The van der Waals surface area contributed by atoms with Crippen LogP contribution in [0.25, 0.3) is 6.08 Å². The van der Waals surface area contributed by atoms with E-state index in [2.05, 4.69) is 13.8 Å². The van der Waals surface area contributed by atoms with E-state index in [1.807, 2.05) is 25.1 Å². The lowest BCUT2D eigenvalue weighted by Crippen LogP contribution is -2.43. The standard InChI is InChI=1S/C25H35NO5S2/c1-5-7-8-9-10-12-17(3)31-20-14-13-18(15-21(20)30-4)16-22-23(27)26(25(32)33-22)19(11-6-2)24(28)29/h13-17,19H,5-12H2,1-4H3,(H,28,29)/b22-16+/t17-,19+/m1/s1. The zero-order valence-electron chi connectivity index (χ0n) is 20.0. The normalized spacial score (nSPS) is 16.8. The number of unbranched alkanes of at least 4 members (excludes halogenated alkanes) is 4. The van der Waals surface area contributed by atoms with Gasteiger partial charge >= 0.3 is 5.97 Å². The summed E-state index contributed by atoms with van der Waals surface area (Å²) >= 11 is 6.44. The van der Waals surface area contributed by atoms with Gasteiger partial charge in [-0.3, -0.25) is 9.69 Å². The second-order valence-electron chi connectivity index (χ2n) is 8.24. The summed E-state index contributed by atoms with van der Waals surface area (Å²) in [6.07, 6.45) is 9.91. The van der Waals surface area contributed by atoms with Gasteiger partial charge in [-0.1, -0.05) is 76.0 Å². The van der Waals surface area contributed by atoms with Gasteiger partial charge in [0.25, 0.3) is 5.91 Å². The lowest BCUT2D eigenvalue weighted by atomic mass is 10.1. The first-order valence-electron chi connectivity index (χ1n) is 11.7. The highest BCUT2D eigenvalue weighted by atomic mass is 32.2. The number of thiocarbonyl (C=S) groups is 1. The highest BCUT2D eigenvalue weighted by Crippen LogP contribution is 2.36. The maximum atomic E-state index is 12.9. The third-order valence-electron chi connectivity index (χ3n) is 5.51. The monoisotopic (exact) mass is 493 g/mol. The van der Waals surface area contributed by atoms with Gasteiger partial charge in [0.15, 0.2) is 11.5 Å². The molecule has 33 heavy (non-hydrogen) atoms. The topological polar surface area (TPSA) is 76.1 Å². The molecule has 0 spiro atoms. The Balaban J connectivity index is 2.10. The van der Waals surface area contributed by atoms with Crippen molar-refractivity contribution < 1.29 is 24.2 Å². The van der Waals surface area contributed by atoms with Crippen LogP contribution in [0.2, 0.25) is 0 Å². The number of nitrogens with zero attached hydrogens (tertiary/aromatic N) is 1. The Morgan fingerprint density at radius 3 is 2.52 bits per heavy atom. The number of thioether (sulfide) groups is 1. The van der Waals surface area contributed by atoms with Gasteiger partial charge in [0.2, 0.25) is 0 Å². The zero-order valence-corrected chi connectivity index (χ0v) is 21.6. The predicted molar refractivity (Wildman–Crippen MR) is 138 cm³/mol. The van der Waals surface area contributed by atoms with Crippen molar-refractivity contribution in [2.45, 2.75) is 84.3 Å². The van der Waals surface area contributed by atoms with E-state index in [0.29, 0.717) is 29.2 Å². The number of carbonyl (C=O) groups is 2. The fourth-order valence-corrected chi connectivity index (χ4v) is 5.08. The molecule has 1 fully saturated rings. The molecule has 0 unspecified atom stereocenters. The summed E-state index contributed by atoms with van der Waals surface area (Å²) in [5.41, 5.74) is 0.759. The molecular weight excluding hydrogens is 458 g/mol. The van der Waals surface area contributed by atoms with Crippen LogP contribution in [0.4, 0.5) is 0 Å². The number of carboxylic acid groups (broad SMARTS) is 1. The fraction of sp³-hybridized carbons (Fsp3) is 0.560. The molecule has 1 saturated heterocycles. The molecule has 2 rings (SSSR count). The highest BCUT2D eigenvalue weighted by Gasteiger charge is 2.40. The van der Waals surface area contributed by atoms with Crippen LogP contribution < -0.4 is 9.47 Å². The summed E-state index contributed by atoms with van der Waals surface area (Å²) in [5, 5.41) is 9.53. The first-order valence-corrected chi connectivity index (χ1v) is 12.9. The minimum absolute atomic E-state index is 0.0779. The summed E-state index contributed by atoms with van der Waals surface area (Å²) in [6, 6.07) is 4.58. The third kappa shape index (κ3) is 7.74. The number of rotatable bonds is 14. The number of amides is 1. The molecule has 1 aromatic rings. The molecule has 8 heteroatoms. The van der Waals surface area contributed by atoms with Crippen LogP contribution in [0.5, 0.6) is 11.5 Å². The van der Waals surface area contributed by atoms with Crippen LogP contribution >= 0.6 is 24.0 Å². The summed E-state index contributed by atoms with van der Waals surface area (Å²) in [7, 11) is 1.59. The van der Waals surface area contributed by atoms with E-state index >= 15 is 0 Å². The number of carbonyl (C=O) groups excluding carboxylic acids is 1. The Bertz CT molecular complexity index is 870. The van der Waals surface area contributed by atoms with Crippen molar-refractivity contribution in [2.75, 3.05) is 7.11 Å². The molecule has 1 aliphatic heterocycles. The van der Waals surface area contributed by atoms with Gasteiger partial charge in [-0.2, -0.15) is 0 Å². The van der Waals surface area contributed by atoms with Crippen LogP contribution in [-0.4, -0.2) is 45.5 Å². The van der Waals surface area contributed by atoms with Crippen LogP contribution in [0.1, 0.15) is 77.7 Å². The van der Waals surface area contributed by atoms with E-state index in [9.17, 15) is 14.7 Å². The molecule has 1 heterocycles. The lowest BCUT2D eigenvalue weighted by molar-refractivity contribution is -0.145. The maximum absolute atomic E-state index is 12.9. The molecule has 182 valence electrons. The number of ether oxygens (including phenoxy) is 2. The minimum atomic E-state index is -1.04. The van der Waals surface area contributed by atoms with Crippen LogP contribution in [0.15, 0.2) is 23.1 Å². The number of carboxylic acids is 1. The van der Waals surface area contributed by atoms with Crippen molar-refractivity contribution in [1.82, 2.24) is 4.90 Å². The molecule has 1 aromatic carbocycles. The fourth-order valence-electron chi connectivity index (χ4n) is 3.72. The van der Waals surface area contributed by atoms with Crippen molar-refractivity contribution in [1.29, 1.82) is 0 Å². The first-order chi connectivity index (χ1) is 15.8. The predicted octanol–water partition coefficient (Wildman–Crippen LogP) is 6.28. The van der Waals surface area contributed by atoms with E-state index in [0.717, 1.165) is 30.2 Å². The van der Waals surface area contributed by atoms with Crippen molar-refractivity contribution in [3.63, 3.8) is 0 Å². The number of hydrogen-bond acceptors (Lipinski definition) is 6. The molecular formula is C25H35NO5S2. The second kappa shape index (κ2) is 13.6.